The molecule has 1 saturated heterocycles. The molecule has 0 unspecified atom stereocenters. The average Bonchev–Trinajstić information content (AvgIpc) is 2.45. The molecule has 0 bridgehead atoms. The molecule has 0 amide bonds. The first-order valence-electron chi connectivity index (χ1n) is 6.53. The van der Waals surface area contributed by atoms with Crippen LogP contribution in [0.5, 0.6) is 0 Å². The van der Waals surface area contributed by atoms with Crippen LogP contribution in [0.25, 0.3) is 0 Å². The van der Waals surface area contributed by atoms with Crippen molar-refractivity contribution in [2.45, 2.75) is 19.5 Å². The lowest BCUT2D eigenvalue weighted by Gasteiger charge is -2.28. The smallest absolute Gasteiger partial charge is 0.378 e. The predicted octanol–water partition coefficient (Wildman–Crippen LogP) is 2.15. The lowest BCUT2D eigenvalue weighted by molar-refractivity contribution is -0.141. The van der Waals surface area contributed by atoms with Gasteiger partial charge < -0.3 is 15.0 Å². The molecule has 0 radical (unpaired) electrons. The average molecular weight is 290 g/mol. The minimum Gasteiger partial charge on any atom is -0.378 e. The molecule has 5 nitrogen and oxygen atoms in total. The first-order valence-corrected chi connectivity index (χ1v) is 6.53. The van der Waals surface area contributed by atoms with Crippen molar-refractivity contribution in [2.75, 3.05) is 43.1 Å². The number of aromatic nitrogens is 2. The van der Waals surface area contributed by atoms with Crippen LogP contribution in [0.3, 0.4) is 0 Å². The van der Waals surface area contributed by atoms with E-state index in [2.05, 4.69) is 15.3 Å². The maximum atomic E-state index is 12.9. The van der Waals surface area contributed by atoms with Gasteiger partial charge in [-0.05, 0) is 6.42 Å². The van der Waals surface area contributed by atoms with Crippen molar-refractivity contribution in [1.82, 2.24) is 9.97 Å². The lowest BCUT2D eigenvalue weighted by Crippen LogP contribution is -2.37. The summed E-state index contributed by atoms with van der Waals surface area (Å²) in [6.45, 7) is 4.49. The lowest BCUT2D eigenvalue weighted by atomic mass is 10.3. The Labute approximate surface area is 115 Å². The molecule has 1 aliphatic rings. The van der Waals surface area contributed by atoms with Gasteiger partial charge in [0.1, 0.15) is 5.82 Å². The summed E-state index contributed by atoms with van der Waals surface area (Å²) in [4.78, 5) is 9.46. The van der Waals surface area contributed by atoms with Crippen molar-refractivity contribution in [3.63, 3.8) is 0 Å². The van der Waals surface area contributed by atoms with E-state index in [1.165, 1.54) is 0 Å². The van der Waals surface area contributed by atoms with Gasteiger partial charge in [0.15, 0.2) is 5.69 Å². The molecule has 0 aliphatic carbocycles. The predicted molar refractivity (Wildman–Crippen MR) is 68.8 cm³/mol. The molecular weight excluding hydrogens is 273 g/mol. The van der Waals surface area contributed by atoms with Crippen LogP contribution < -0.4 is 10.2 Å². The molecule has 0 spiro atoms. The van der Waals surface area contributed by atoms with Gasteiger partial charge in [-0.1, -0.05) is 6.92 Å². The van der Waals surface area contributed by atoms with Gasteiger partial charge in [-0.15, -0.1) is 0 Å². The quantitative estimate of drug-likeness (QED) is 0.921. The van der Waals surface area contributed by atoms with Crippen molar-refractivity contribution in [2.24, 2.45) is 0 Å². The fourth-order valence-corrected chi connectivity index (χ4v) is 1.85. The van der Waals surface area contributed by atoms with Crippen LogP contribution in [0.15, 0.2) is 6.07 Å². The van der Waals surface area contributed by atoms with E-state index in [1.807, 2.05) is 6.92 Å². The summed E-state index contributed by atoms with van der Waals surface area (Å²) in [7, 11) is 0. The maximum Gasteiger partial charge on any atom is 0.433 e. The number of ether oxygens (including phenoxy) is 1. The van der Waals surface area contributed by atoms with Crippen molar-refractivity contribution in [3.8, 4) is 0 Å². The van der Waals surface area contributed by atoms with Gasteiger partial charge in [0, 0.05) is 25.7 Å². The van der Waals surface area contributed by atoms with Crippen LogP contribution in [-0.2, 0) is 10.9 Å². The maximum absolute atomic E-state index is 12.9. The van der Waals surface area contributed by atoms with Gasteiger partial charge in [0.25, 0.3) is 0 Å². The number of nitrogens with zero attached hydrogens (tertiary/aromatic N) is 3. The normalized spacial score (nSPS) is 16.3. The Balaban J connectivity index is 2.29. The first-order chi connectivity index (χ1) is 9.50. The van der Waals surface area contributed by atoms with E-state index in [1.54, 1.807) is 4.90 Å². The van der Waals surface area contributed by atoms with E-state index in [-0.39, 0.29) is 11.8 Å². The van der Waals surface area contributed by atoms with E-state index >= 15 is 0 Å². The zero-order valence-electron chi connectivity index (χ0n) is 11.2. The van der Waals surface area contributed by atoms with Crippen LogP contribution >= 0.6 is 0 Å². The Kier molecular flexibility index (Phi) is 4.64. The number of morpholine rings is 1. The highest BCUT2D eigenvalue weighted by atomic mass is 19.4. The number of halogens is 3. The van der Waals surface area contributed by atoms with Gasteiger partial charge >= 0.3 is 6.18 Å². The molecule has 1 fully saturated rings. The molecule has 20 heavy (non-hydrogen) atoms. The fourth-order valence-electron chi connectivity index (χ4n) is 1.85. The Morgan fingerprint density at radius 1 is 1.30 bits per heavy atom. The zero-order chi connectivity index (χ0) is 14.6. The van der Waals surface area contributed by atoms with Gasteiger partial charge in [-0.3, -0.25) is 0 Å². The SMILES string of the molecule is CCCNc1nc(N2CCOCC2)cc(C(F)(F)F)n1. The van der Waals surface area contributed by atoms with Crippen molar-refractivity contribution < 1.29 is 17.9 Å². The standard InChI is InChI=1S/C12H17F3N4O/c1-2-3-16-11-17-9(12(13,14)15)8-10(18-11)19-4-6-20-7-5-19/h8H,2-7H2,1H3,(H,16,17,18). The minimum absolute atomic E-state index is 0.0168. The second-order valence-electron chi connectivity index (χ2n) is 4.46. The van der Waals surface area contributed by atoms with Gasteiger partial charge in [-0.2, -0.15) is 18.2 Å². The van der Waals surface area contributed by atoms with Crippen LogP contribution in [0, 0.1) is 0 Å². The highest BCUT2D eigenvalue weighted by Gasteiger charge is 2.34. The third kappa shape index (κ3) is 3.72. The molecule has 2 rings (SSSR count). The van der Waals surface area contributed by atoms with Crippen molar-refractivity contribution in [1.29, 1.82) is 0 Å². The van der Waals surface area contributed by atoms with E-state index in [0.717, 1.165) is 12.5 Å². The summed E-state index contributed by atoms with van der Waals surface area (Å²) < 4.78 is 43.8. The second-order valence-corrected chi connectivity index (χ2v) is 4.46. The Morgan fingerprint density at radius 3 is 2.60 bits per heavy atom. The highest BCUT2D eigenvalue weighted by Crippen LogP contribution is 2.30. The van der Waals surface area contributed by atoms with Crippen LogP contribution in [0.2, 0.25) is 0 Å². The highest BCUT2D eigenvalue weighted by molar-refractivity contribution is 5.45. The van der Waals surface area contributed by atoms with E-state index in [4.69, 9.17) is 4.74 Å². The van der Waals surface area contributed by atoms with E-state index < -0.39 is 11.9 Å². The van der Waals surface area contributed by atoms with Gasteiger partial charge in [-0.25, -0.2) is 4.98 Å². The number of rotatable bonds is 4. The van der Waals surface area contributed by atoms with Crippen LogP contribution in [0.4, 0.5) is 24.9 Å². The first kappa shape index (κ1) is 14.8. The Hall–Kier alpha value is -1.57. The van der Waals surface area contributed by atoms with Gasteiger partial charge in [0.2, 0.25) is 5.95 Å². The molecule has 2 heterocycles. The molecular formula is C12H17F3N4O. The molecule has 1 aromatic heterocycles. The molecule has 1 aromatic rings. The third-order valence-corrected chi connectivity index (χ3v) is 2.87. The molecule has 112 valence electrons. The molecule has 0 atom stereocenters. The number of alkyl halides is 3. The zero-order valence-corrected chi connectivity index (χ0v) is 11.2. The van der Waals surface area contributed by atoms with Crippen LogP contribution in [-0.4, -0.2) is 42.8 Å². The number of hydrogen-bond donors (Lipinski definition) is 1. The summed E-state index contributed by atoms with van der Waals surface area (Å²) in [6, 6.07) is 0.989. The summed E-state index contributed by atoms with van der Waals surface area (Å²) in [5.41, 5.74) is -0.924. The molecule has 1 N–H and O–H groups in total. The minimum atomic E-state index is -4.48. The summed E-state index contributed by atoms with van der Waals surface area (Å²) in [5, 5.41) is 2.81. The Bertz CT molecular complexity index is 447. The van der Waals surface area contributed by atoms with E-state index in [0.29, 0.717) is 32.8 Å². The van der Waals surface area contributed by atoms with Crippen molar-refractivity contribution >= 4 is 11.8 Å². The largest absolute Gasteiger partial charge is 0.433 e. The summed E-state index contributed by atoms with van der Waals surface area (Å²) >= 11 is 0. The molecule has 1 aliphatic heterocycles. The van der Waals surface area contributed by atoms with E-state index in [9.17, 15) is 13.2 Å². The second kappa shape index (κ2) is 6.25. The summed E-state index contributed by atoms with van der Waals surface area (Å²) in [6.07, 6.45) is -3.70. The molecule has 0 saturated carbocycles. The third-order valence-electron chi connectivity index (χ3n) is 2.87. The molecule has 8 heteroatoms. The van der Waals surface area contributed by atoms with Gasteiger partial charge in [0.05, 0.1) is 13.2 Å². The van der Waals surface area contributed by atoms with Crippen molar-refractivity contribution in [3.05, 3.63) is 11.8 Å². The number of anilines is 2. The topological polar surface area (TPSA) is 50.3 Å². The molecule has 0 aromatic carbocycles. The number of hydrogen-bond acceptors (Lipinski definition) is 5. The number of nitrogens with one attached hydrogen (secondary N) is 1. The van der Waals surface area contributed by atoms with Crippen LogP contribution in [0.1, 0.15) is 19.0 Å². The Morgan fingerprint density at radius 2 is 2.00 bits per heavy atom. The monoisotopic (exact) mass is 290 g/mol. The summed E-state index contributed by atoms with van der Waals surface area (Å²) in [5.74, 6) is 0.303. The fraction of sp³-hybridized carbons (Fsp3) is 0.667.